The van der Waals surface area contributed by atoms with E-state index < -0.39 is 10.5 Å². The third-order valence-electron chi connectivity index (χ3n) is 5.01. The fourth-order valence-corrected chi connectivity index (χ4v) is 3.59. The molecule has 2 heterocycles. The maximum Gasteiger partial charge on any atom is 0.292 e. The fraction of sp³-hybridized carbons (Fsp3) is 0.450. The summed E-state index contributed by atoms with van der Waals surface area (Å²) in [5.74, 6) is 0.509. The van der Waals surface area contributed by atoms with Crippen molar-refractivity contribution in [3.63, 3.8) is 0 Å². The van der Waals surface area contributed by atoms with Gasteiger partial charge < -0.3 is 10.2 Å². The Morgan fingerprint density at radius 2 is 1.93 bits per heavy atom. The third-order valence-corrected chi connectivity index (χ3v) is 5.38. The molecule has 3 rings (SSSR count). The van der Waals surface area contributed by atoms with E-state index in [0.29, 0.717) is 36.8 Å². The van der Waals surface area contributed by atoms with E-state index >= 15 is 0 Å². The molecular weight excluding hydrogens is 410 g/mol. The predicted molar refractivity (Wildman–Crippen MR) is 114 cm³/mol. The highest BCUT2D eigenvalue weighted by molar-refractivity contribution is 6.33. The van der Waals surface area contributed by atoms with Crippen LogP contribution >= 0.6 is 11.6 Å². The number of anilines is 1. The average Bonchev–Trinajstić information content (AvgIpc) is 2.71. The van der Waals surface area contributed by atoms with Crippen LogP contribution in [0.15, 0.2) is 35.3 Å². The standard InChI is InChI=1S/C20H24ClN5O4/c1-13(2)11-18(27)24-9-7-14(8-10-24)23-17-12-22-25(20(28)19(17)21)15-3-5-16(6-4-15)26(29)30/h3-6,12-14,23H,7-11H2,1-2H3. The van der Waals surface area contributed by atoms with E-state index in [0.717, 1.165) is 17.5 Å². The highest BCUT2D eigenvalue weighted by Crippen LogP contribution is 2.22. The number of rotatable bonds is 6. The van der Waals surface area contributed by atoms with Gasteiger partial charge in [-0.2, -0.15) is 9.78 Å². The molecule has 9 nitrogen and oxygen atoms in total. The van der Waals surface area contributed by atoms with Crippen molar-refractivity contribution in [3.05, 3.63) is 56.0 Å². The van der Waals surface area contributed by atoms with Gasteiger partial charge in [-0.05, 0) is 30.9 Å². The molecule has 0 unspecified atom stereocenters. The van der Waals surface area contributed by atoms with Gasteiger partial charge in [0.05, 0.1) is 22.5 Å². The topological polar surface area (TPSA) is 110 Å². The van der Waals surface area contributed by atoms with Crippen molar-refractivity contribution in [3.8, 4) is 5.69 Å². The summed E-state index contributed by atoms with van der Waals surface area (Å²) in [5, 5.41) is 18.2. The normalized spacial score (nSPS) is 14.7. The minimum atomic E-state index is -0.514. The Labute approximate surface area is 178 Å². The number of carbonyl (C=O) groups is 1. The lowest BCUT2D eigenvalue weighted by Crippen LogP contribution is -2.42. The van der Waals surface area contributed by atoms with E-state index in [4.69, 9.17) is 11.6 Å². The molecular formula is C20H24ClN5O4. The molecule has 0 saturated carbocycles. The number of benzene rings is 1. The van der Waals surface area contributed by atoms with Gasteiger partial charge in [-0.25, -0.2) is 0 Å². The summed E-state index contributed by atoms with van der Waals surface area (Å²) in [5.41, 5.74) is 0.234. The molecule has 1 fully saturated rings. The molecule has 160 valence electrons. The molecule has 0 aliphatic carbocycles. The molecule has 1 amide bonds. The van der Waals surface area contributed by atoms with E-state index in [1.807, 2.05) is 18.7 Å². The maximum absolute atomic E-state index is 12.6. The molecule has 0 bridgehead atoms. The van der Waals surface area contributed by atoms with Crippen molar-refractivity contribution in [2.75, 3.05) is 18.4 Å². The highest BCUT2D eigenvalue weighted by Gasteiger charge is 2.24. The first-order chi connectivity index (χ1) is 14.3. The van der Waals surface area contributed by atoms with Crippen molar-refractivity contribution in [1.29, 1.82) is 0 Å². The van der Waals surface area contributed by atoms with Gasteiger partial charge in [-0.3, -0.25) is 19.7 Å². The summed E-state index contributed by atoms with van der Waals surface area (Å²) in [6, 6.07) is 5.58. The Balaban J connectivity index is 1.67. The maximum atomic E-state index is 12.6. The number of aromatic nitrogens is 2. The number of halogens is 1. The Morgan fingerprint density at radius 3 is 2.50 bits per heavy atom. The third kappa shape index (κ3) is 4.96. The van der Waals surface area contributed by atoms with Crippen molar-refractivity contribution < 1.29 is 9.72 Å². The van der Waals surface area contributed by atoms with Crippen LogP contribution in [0, 0.1) is 16.0 Å². The van der Waals surface area contributed by atoms with Gasteiger partial charge in [0.25, 0.3) is 11.2 Å². The number of likely N-dealkylation sites (tertiary alicyclic amines) is 1. The van der Waals surface area contributed by atoms with Crippen LogP contribution in [0.3, 0.4) is 0 Å². The van der Waals surface area contributed by atoms with Crippen LogP contribution in [0.5, 0.6) is 0 Å². The first-order valence-corrected chi connectivity index (χ1v) is 10.2. The van der Waals surface area contributed by atoms with Crippen LogP contribution < -0.4 is 10.9 Å². The number of nitrogens with zero attached hydrogens (tertiary/aromatic N) is 4. The number of hydrogen-bond donors (Lipinski definition) is 1. The van der Waals surface area contributed by atoms with E-state index in [1.54, 1.807) is 0 Å². The van der Waals surface area contributed by atoms with Gasteiger partial charge in [-0.15, -0.1) is 0 Å². The second kappa shape index (κ2) is 9.25. The minimum Gasteiger partial charge on any atom is -0.380 e. The van der Waals surface area contributed by atoms with Crippen LogP contribution in [0.4, 0.5) is 11.4 Å². The van der Waals surface area contributed by atoms with Crippen molar-refractivity contribution in [2.45, 2.75) is 39.2 Å². The number of nitro benzene ring substituents is 1. The van der Waals surface area contributed by atoms with Crippen LogP contribution in [0.2, 0.25) is 5.02 Å². The zero-order valence-electron chi connectivity index (χ0n) is 16.9. The monoisotopic (exact) mass is 433 g/mol. The number of piperidine rings is 1. The summed E-state index contributed by atoms with van der Waals surface area (Å²) in [7, 11) is 0. The lowest BCUT2D eigenvalue weighted by molar-refractivity contribution is -0.384. The molecule has 1 saturated heterocycles. The Kier molecular flexibility index (Phi) is 6.71. The summed E-state index contributed by atoms with van der Waals surface area (Å²) in [4.78, 5) is 37.0. The van der Waals surface area contributed by atoms with Crippen molar-refractivity contribution in [1.82, 2.24) is 14.7 Å². The smallest absolute Gasteiger partial charge is 0.292 e. The van der Waals surface area contributed by atoms with E-state index in [1.165, 1.54) is 30.5 Å². The molecule has 2 aromatic rings. The SMILES string of the molecule is CC(C)CC(=O)N1CCC(Nc2cnn(-c3ccc([N+](=O)[O-])cc3)c(=O)c2Cl)CC1. The van der Waals surface area contributed by atoms with Crippen molar-refractivity contribution >= 4 is 28.9 Å². The molecule has 1 aliphatic rings. The summed E-state index contributed by atoms with van der Waals surface area (Å²) in [6.45, 7) is 5.38. The quantitative estimate of drug-likeness (QED) is 0.553. The van der Waals surface area contributed by atoms with Gasteiger partial charge in [-0.1, -0.05) is 25.4 Å². The number of non-ortho nitro benzene ring substituents is 1. The van der Waals surface area contributed by atoms with Gasteiger partial charge in [0.2, 0.25) is 5.91 Å². The van der Waals surface area contributed by atoms with E-state index in [9.17, 15) is 19.7 Å². The second-order valence-electron chi connectivity index (χ2n) is 7.76. The Bertz CT molecular complexity index is 982. The largest absolute Gasteiger partial charge is 0.380 e. The van der Waals surface area contributed by atoms with Crippen LogP contribution in [0.1, 0.15) is 33.1 Å². The number of carbonyl (C=O) groups excluding carboxylic acids is 1. The Morgan fingerprint density at radius 1 is 1.30 bits per heavy atom. The number of amides is 1. The Hall–Kier alpha value is -2.94. The lowest BCUT2D eigenvalue weighted by Gasteiger charge is -2.33. The van der Waals surface area contributed by atoms with Crippen molar-refractivity contribution in [2.24, 2.45) is 5.92 Å². The first-order valence-electron chi connectivity index (χ1n) is 9.83. The summed E-state index contributed by atoms with van der Waals surface area (Å²) < 4.78 is 1.10. The average molecular weight is 434 g/mol. The number of nitrogens with one attached hydrogen (secondary N) is 1. The summed E-state index contributed by atoms with van der Waals surface area (Å²) in [6.07, 6.45) is 3.54. The van der Waals surface area contributed by atoms with Crippen LogP contribution in [-0.2, 0) is 4.79 Å². The molecule has 0 radical (unpaired) electrons. The highest BCUT2D eigenvalue weighted by atomic mass is 35.5. The predicted octanol–water partition coefficient (Wildman–Crippen LogP) is 3.24. The first kappa shape index (κ1) is 21.8. The molecule has 0 atom stereocenters. The fourth-order valence-electron chi connectivity index (χ4n) is 3.40. The van der Waals surface area contributed by atoms with Gasteiger partial charge in [0, 0.05) is 37.7 Å². The molecule has 30 heavy (non-hydrogen) atoms. The number of hydrogen-bond acceptors (Lipinski definition) is 6. The van der Waals surface area contributed by atoms with Crippen LogP contribution in [-0.4, -0.2) is 44.6 Å². The van der Waals surface area contributed by atoms with Crippen LogP contribution in [0.25, 0.3) is 5.69 Å². The van der Waals surface area contributed by atoms with Gasteiger partial charge in [0.15, 0.2) is 0 Å². The van der Waals surface area contributed by atoms with Gasteiger partial charge in [0.1, 0.15) is 5.02 Å². The molecule has 1 aliphatic heterocycles. The minimum absolute atomic E-state index is 0.00154. The van der Waals surface area contributed by atoms with E-state index in [-0.39, 0.29) is 22.7 Å². The molecule has 1 aromatic carbocycles. The molecule has 0 spiro atoms. The van der Waals surface area contributed by atoms with E-state index in [2.05, 4.69) is 10.4 Å². The van der Waals surface area contributed by atoms with Gasteiger partial charge >= 0.3 is 0 Å². The second-order valence-corrected chi connectivity index (χ2v) is 8.14. The number of nitro groups is 1. The lowest BCUT2D eigenvalue weighted by atomic mass is 10.0. The zero-order valence-corrected chi connectivity index (χ0v) is 17.6. The molecule has 10 heteroatoms. The summed E-state index contributed by atoms with van der Waals surface area (Å²) >= 11 is 6.28. The molecule has 1 aromatic heterocycles. The zero-order chi connectivity index (χ0) is 21.8. The molecule has 1 N–H and O–H groups in total.